The molecule has 1 aromatic heterocycles. The monoisotopic (exact) mass is 308 g/mol. The molecule has 1 aromatic rings. The van der Waals surface area contributed by atoms with Crippen LogP contribution in [-0.4, -0.2) is 77.2 Å². The third kappa shape index (κ3) is 3.10. The van der Waals surface area contributed by atoms with Crippen molar-refractivity contribution in [3.8, 4) is 0 Å². The van der Waals surface area contributed by atoms with Crippen LogP contribution >= 0.6 is 0 Å². The summed E-state index contributed by atoms with van der Waals surface area (Å²) in [6.07, 6.45) is 1.30. The van der Waals surface area contributed by atoms with Crippen molar-refractivity contribution in [2.24, 2.45) is 0 Å². The fraction of sp³-hybridized carbons (Fsp3) is 0.571. The van der Waals surface area contributed by atoms with Gasteiger partial charge in [-0.2, -0.15) is 0 Å². The number of aromatic nitrogens is 1. The highest BCUT2D eigenvalue weighted by atomic mass is 16.3. The van der Waals surface area contributed by atoms with Gasteiger partial charge in [0.25, 0.3) is 5.91 Å². The zero-order chi connectivity index (χ0) is 16.4. The lowest BCUT2D eigenvalue weighted by atomic mass is 10.1. The maximum Gasteiger partial charge on any atom is 0.275 e. The fourth-order valence-corrected chi connectivity index (χ4v) is 2.48. The van der Waals surface area contributed by atoms with Gasteiger partial charge >= 0.3 is 0 Å². The van der Waals surface area contributed by atoms with Gasteiger partial charge in [-0.15, -0.1) is 0 Å². The number of nitrogens with zero attached hydrogens (tertiary/aromatic N) is 4. The van der Waals surface area contributed by atoms with E-state index in [9.17, 15) is 14.4 Å². The summed E-state index contributed by atoms with van der Waals surface area (Å²) < 4.78 is 5.05. The van der Waals surface area contributed by atoms with Gasteiger partial charge in [0.05, 0.1) is 6.54 Å². The van der Waals surface area contributed by atoms with Crippen LogP contribution in [0.2, 0.25) is 0 Å². The molecule has 0 N–H and O–H groups in total. The zero-order valence-corrected chi connectivity index (χ0v) is 13.2. The number of aryl methyl sites for hydroxylation is 1. The van der Waals surface area contributed by atoms with Crippen LogP contribution in [0.4, 0.5) is 0 Å². The van der Waals surface area contributed by atoms with E-state index in [2.05, 4.69) is 4.98 Å². The number of amides is 3. The first-order valence-electron chi connectivity index (χ1n) is 7.01. The standard InChI is InChI=1S/C14H20N4O4/c1-9-15-11(8-22-9)13(20)17-5-6-18(10(2)19)12(7-17)14(21)16(3)4/h8,12H,5-7H2,1-4H3. The Bertz CT molecular complexity index is 595. The molecule has 1 aliphatic rings. The predicted octanol–water partition coefficient (Wildman–Crippen LogP) is -0.256. The first-order valence-corrected chi connectivity index (χ1v) is 7.01. The second-order valence-electron chi connectivity index (χ2n) is 5.46. The highest BCUT2D eigenvalue weighted by molar-refractivity contribution is 5.93. The molecule has 0 aliphatic carbocycles. The van der Waals surface area contributed by atoms with E-state index in [1.807, 2.05) is 0 Å². The number of piperazine rings is 1. The molecule has 1 saturated heterocycles. The Morgan fingerprint density at radius 1 is 1.32 bits per heavy atom. The lowest BCUT2D eigenvalue weighted by molar-refractivity contribution is -0.146. The van der Waals surface area contributed by atoms with E-state index in [-0.39, 0.29) is 30.0 Å². The number of rotatable bonds is 2. The van der Waals surface area contributed by atoms with Crippen LogP contribution in [0.3, 0.4) is 0 Å². The van der Waals surface area contributed by atoms with Crippen molar-refractivity contribution in [3.63, 3.8) is 0 Å². The molecule has 0 bridgehead atoms. The van der Waals surface area contributed by atoms with Gasteiger partial charge in [-0.25, -0.2) is 4.98 Å². The molecule has 1 aliphatic heterocycles. The fourth-order valence-electron chi connectivity index (χ4n) is 2.48. The van der Waals surface area contributed by atoms with E-state index in [0.29, 0.717) is 19.0 Å². The third-order valence-corrected chi connectivity index (χ3v) is 3.64. The minimum atomic E-state index is -0.668. The third-order valence-electron chi connectivity index (χ3n) is 3.64. The first-order chi connectivity index (χ1) is 10.3. The number of carbonyl (C=O) groups excluding carboxylic acids is 3. The van der Waals surface area contributed by atoms with Gasteiger partial charge in [0.15, 0.2) is 11.6 Å². The van der Waals surface area contributed by atoms with Gasteiger partial charge < -0.3 is 19.1 Å². The second-order valence-corrected chi connectivity index (χ2v) is 5.46. The molecule has 1 fully saturated rings. The topological polar surface area (TPSA) is 87.0 Å². The SMILES string of the molecule is CC(=O)N1CCN(C(=O)c2coc(C)n2)CC1C(=O)N(C)C. The highest BCUT2D eigenvalue weighted by Crippen LogP contribution is 2.15. The Hall–Kier alpha value is -2.38. The minimum absolute atomic E-state index is 0.154. The van der Waals surface area contributed by atoms with Crippen molar-refractivity contribution in [2.45, 2.75) is 19.9 Å². The normalized spacial score (nSPS) is 18.3. The number of likely N-dealkylation sites (N-methyl/N-ethyl adjacent to an activating group) is 1. The molecule has 3 amide bonds. The van der Waals surface area contributed by atoms with Crippen molar-refractivity contribution in [1.29, 1.82) is 0 Å². The number of hydrogen-bond donors (Lipinski definition) is 0. The van der Waals surface area contributed by atoms with E-state index < -0.39 is 6.04 Å². The molecule has 0 saturated carbocycles. The summed E-state index contributed by atoms with van der Waals surface area (Å²) in [5.41, 5.74) is 0.213. The summed E-state index contributed by atoms with van der Waals surface area (Å²) in [5.74, 6) is -0.267. The molecule has 2 rings (SSSR count). The molecule has 8 nitrogen and oxygen atoms in total. The van der Waals surface area contributed by atoms with Crippen LogP contribution in [0, 0.1) is 6.92 Å². The average molecular weight is 308 g/mol. The molecule has 8 heteroatoms. The van der Waals surface area contributed by atoms with Gasteiger partial charge in [-0.1, -0.05) is 0 Å². The average Bonchev–Trinajstić information content (AvgIpc) is 2.91. The Morgan fingerprint density at radius 3 is 2.50 bits per heavy atom. The summed E-state index contributed by atoms with van der Waals surface area (Å²) in [4.78, 5) is 44.9. The summed E-state index contributed by atoms with van der Waals surface area (Å²) in [6.45, 7) is 3.92. The van der Waals surface area contributed by atoms with E-state index in [1.54, 1.807) is 21.0 Å². The van der Waals surface area contributed by atoms with Crippen molar-refractivity contribution >= 4 is 17.7 Å². The lowest BCUT2D eigenvalue weighted by Crippen LogP contribution is -2.61. The molecular weight excluding hydrogens is 288 g/mol. The predicted molar refractivity (Wildman–Crippen MR) is 77.0 cm³/mol. The maximum absolute atomic E-state index is 12.4. The smallest absolute Gasteiger partial charge is 0.275 e. The molecule has 0 aromatic carbocycles. The first kappa shape index (κ1) is 16.0. The molecule has 120 valence electrons. The van der Waals surface area contributed by atoms with Crippen molar-refractivity contribution in [3.05, 3.63) is 17.8 Å². The quantitative estimate of drug-likeness (QED) is 0.751. The van der Waals surface area contributed by atoms with E-state index >= 15 is 0 Å². The Morgan fingerprint density at radius 2 is 2.00 bits per heavy atom. The van der Waals surface area contributed by atoms with Crippen LogP contribution in [0.15, 0.2) is 10.7 Å². The Kier molecular flexibility index (Phi) is 4.48. The van der Waals surface area contributed by atoms with E-state index in [1.165, 1.54) is 27.9 Å². The number of oxazole rings is 1. The van der Waals surface area contributed by atoms with Crippen LogP contribution in [0.25, 0.3) is 0 Å². The van der Waals surface area contributed by atoms with Gasteiger partial charge in [0.2, 0.25) is 11.8 Å². The zero-order valence-electron chi connectivity index (χ0n) is 13.2. The maximum atomic E-state index is 12.4. The van der Waals surface area contributed by atoms with Gasteiger partial charge in [0.1, 0.15) is 12.3 Å². The Balaban J connectivity index is 2.18. The molecular formula is C14H20N4O4. The summed E-state index contributed by atoms with van der Waals surface area (Å²) >= 11 is 0. The van der Waals surface area contributed by atoms with Crippen LogP contribution in [0.5, 0.6) is 0 Å². The molecule has 1 unspecified atom stereocenters. The van der Waals surface area contributed by atoms with Crippen LogP contribution < -0.4 is 0 Å². The molecule has 0 spiro atoms. The lowest BCUT2D eigenvalue weighted by Gasteiger charge is -2.40. The summed E-state index contributed by atoms with van der Waals surface area (Å²) in [5, 5.41) is 0. The molecule has 1 atom stereocenters. The van der Waals surface area contributed by atoms with Crippen LogP contribution in [0.1, 0.15) is 23.3 Å². The highest BCUT2D eigenvalue weighted by Gasteiger charge is 2.37. The van der Waals surface area contributed by atoms with Gasteiger partial charge in [-0.3, -0.25) is 14.4 Å². The van der Waals surface area contributed by atoms with Crippen molar-refractivity contribution in [1.82, 2.24) is 19.7 Å². The van der Waals surface area contributed by atoms with Crippen LogP contribution in [-0.2, 0) is 9.59 Å². The summed E-state index contributed by atoms with van der Waals surface area (Å²) in [6, 6.07) is -0.668. The molecule has 0 radical (unpaired) electrons. The van der Waals surface area contributed by atoms with E-state index in [4.69, 9.17) is 4.42 Å². The summed E-state index contributed by atoms with van der Waals surface area (Å²) in [7, 11) is 3.25. The largest absolute Gasteiger partial charge is 0.448 e. The van der Waals surface area contributed by atoms with Crippen molar-refractivity contribution in [2.75, 3.05) is 33.7 Å². The van der Waals surface area contributed by atoms with Gasteiger partial charge in [0, 0.05) is 41.0 Å². The van der Waals surface area contributed by atoms with Gasteiger partial charge in [-0.05, 0) is 0 Å². The minimum Gasteiger partial charge on any atom is -0.448 e. The van der Waals surface area contributed by atoms with E-state index in [0.717, 1.165) is 0 Å². The molecule has 22 heavy (non-hydrogen) atoms. The number of hydrogen-bond acceptors (Lipinski definition) is 5. The second kappa shape index (κ2) is 6.17. The number of carbonyl (C=O) groups is 3. The Labute approximate surface area is 128 Å². The van der Waals surface area contributed by atoms with Crippen molar-refractivity contribution < 1.29 is 18.8 Å². The molecule has 2 heterocycles.